The van der Waals surface area contributed by atoms with Gasteiger partial charge in [0.2, 0.25) is 0 Å². The van der Waals surface area contributed by atoms with Gasteiger partial charge in [-0.15, -0.1) is 0 Å². The Morgan fingerprint density at radius 3 is 2.54 bits per heavy atom. The summed E-state index contributed by atoms with van der Waals surface area (Å²) in [6.45, 7) is 5.66. The Bertz CT molecular complexity index is 164. The van der Waals surface area contributed by atoms with E-state index in [2.05, 4.69) is 27.8 Å². The number of hydrogen-bond donors (Lipinski definition) is 2. The van der Waals surface area contributed by atoms with E-state index in [9.17, 15) is 5.11 Å². The molecule has 3 heteroatoms. The van der Waals surface area contributed by atoms with E-state index in [1.807, 2.05) is 0 Å². The fourth-order valence-corrected chi connectivity index (χ4v) is 1.96. The van der Waals surface area contributed by atoms with Crippen LogP contribution in [-0.2, 0) is 0 Å². The number of aliphatic hydroxyl groups is 1. The Kier molecular flexibility index (Phi) is 4.99. The monoisotopic (exact) mass is 247 g/mol. The zero-order valence-corrected chi connectivity index (χ0v) is 9.52. The number of aliphatic hydroxyl groups excluding tert-OH is 1. The molecule has 1 aliphatic carbocycles. The molecule has 1 rings (SSSR count). The normalized spacial score (nSPS) is 28.8. The summed E-state index contributed by atoms with van der Waals surface area (Å²) < 4.78 is 1.00. The number of rotatable bonds is 4. The lowest BCUT2D eigenvalue weighted by molar-refractivity contribution is 0.108. The van der Waals surface area contributed by atoms with Gasteiger partial charge in [0.1, 0.15) is 0 Å². The van der Waals surface area contributed by atoms with Crippen molar-refractivity contribution in [3.63, 3.8) is 0 Å². The van der Waals surface area contributed by atoms with Crippen LogP contribution in [-0.4, -0.2) is 24.3 Å². The molecular weight excluding hydrogens is 230 g/mol. The van der Waals surface area contributed by atoms with E-state index in [1.54, 1.807) is 0 Å². The maximum atomic E-state index is 9.30. The van der Waals surface area contributed by atoms with Gasteiger partial charge in [0.05, 0.1) is 6.10 Å². The van der Waals surface area contributed by atoms with Crippen LogP contribution in [0.15, 0.2) is 11.1 Å². The molecule has 1 fully saturated rings. The SMILES string of the molecule is C=C(Br)CNCC1CCC(O)CC1. The van der Waals surface area contributed by atoms with Crippen LogP contribution < -0.4 is 5.32 Å². The molecule has 0 aromatic rings. The molecule has 2 nitrogen and oxygen atoms in total. The van der Waals surface area contributed by atoms with E-state index in [0.29, 0.717) is 0 Å². The van der Waals surface area contributed by atoms with Crippen LogP contribution in [0, 0.1) is 5.92 Å². The Hall–Kier alpha value is 0.140. The molecule has 2 N–H and O–H groups in total. The van der Waals surface area contributed by atoms with Gasteiger partial charge in [0, 0.05) is 11.0 Å². The third-order valence-electron chi connectivity index (χ3n) is 2.57. The first-order valence-electron chi connectivity index (χ1n) is 4.90. The minimum absolute atomic E-state index is 0.0395. The van der Waals surface area contributed by atoms with Gasteiger partial charge >= 0.3 is 0 Å². The zero-order valence-electron chi connectivity index (χ0n) is 7.93. The standard InChI is InChI=1S/C10H18BrNO/c1-8(11)6-12-7-9-2-4-10(13)5-3-9/h9-10,12-13H,1-7H2. The summed E-state index contributed by atoms with van der Waals surface area (Å²) in [5, 5.41) is 12.6. The Balaban J connectivity index is 2.05. The van der Waals surface area contributed by atoms with E-state index >= 15 is 0 Å². The highest BCUT2D eigenvalue weighted by molar-refractivity contribution is 9.11. The summed E-state index contributed by atoms with van der Waals surface area (Å²) in [5.74, 6) is 0.746. The van der Waals surface area contributed by atoms with Crippen molar-refractivity contribution >= 4 is 15.9 Å². The maximum Gasteiger partial charge on any atom is 0.0540 e. The second-order valence-corrected chi connectivity index (χ2v) is 4.94. The van der Waals surface area contributed by atoms with Crippen molar-refractivity contribution in [3.05, 3.63) is 11.1 Å². The summed E-state index contributed by atoms with van der Waals surface area (Å²) in [5.41, 5.74) is 0. The van der Waals surface area contributed by atoms with Gasteiger partial charge in [-0.05, 0) is 38.1 Å². The van der Waals surface area contributed by atoms with E-state index in [4.69, 9.17) is 0 Å². The molecule has 0 amide bonds. The summed E-state index contributed by atoms with van der Waals surface area (Å²) in [7, 11) is 0. The highest BCUT2D eigenvalue weighted by Gasteiger charge is 2.18. The third-order valence-corrected chi connectivity index (χ3v) is 2.85. The molecule has 1 aliphatic rings. The van der Waals surface area contributed by atoms with Crippen molar-refractivity contribution in [1.29, 1.82) is 0 Å². The van der Waals surface area contributed by atoms with Crippen molar-refractivity contribution in [2.75, 3.05) is 13.1 Å². The highest BCUT2D eigenvalue weighted by Crippen LogP contribution is 2.23. The van der Waals surface area contributed by atoms with Crippen LogP contribution in [0.3, 0.4) is 0 Å². The number of hydrogen-bond acceptors (Lipinski definition) is 2. The van der Waals surface area contributed by atoms with Gasteiger partial charge < -0.3 is 10.4 Å². The van der Waals surface area contributed by atoms with Crippen molar-refractivity contribution < 1.29 is 5.11 Å². The topological polar surface area (TPSA) is 32.3 Å². The zero-order chi connectivity index (χ0) is 9.68. The molecule has 0 saturated heterocycles. The quantitative estimate of drug-likeness (QED) is 0.797. The largest absolute Gasteiger partial charge is 0.393 e. The first kappa shape index (κ1) is 11.2. The molecule has 0 spiro atoms. The van der Waals surface area contributed by atoms with Crippen molar-refractivity contribution in [3.8, 4) is 0 Å². The van der Waals surface area contributed by atoms with E-state index < -0.39 is 0 Å². The van der Waals surface area contributed by atoms with Crippen molar-refractivity contribution in [2.45, 2.75) is 31.8 Å². The van der Waals surface area contributed by atoms with Crippen LogP contribution in [0.2, 0.25) is 0 Å². The average molecular weight is 248 g/mol. The van der Waals surface area contributed by atoms with E-state index in [1.165, 1.54) is 0 Å². The summed E-state index contributed by atoms with van der Waals surface area (Å²) >= 11 is 3.31. The molecule has 0 radical (unpaired) electrons. The van der Waals surface area contributed by atoms with Gasteiger partial charge in [-0.1, -0.05) is 22.5 Å². The predicted octanol–water partition coefficient (Wildman–Crippen LogP) is 2.04. The lowest BCUT2D eigenvalue weighted by Gasteiger charge is -2.25. The second-order valence-electron chi connectivity index (χ2n) is 3.82. The smallest absolute Gasteiger partial charge is 0.0540 e. The Morgan fingerprint density at radius 2 is 2.00 bits per heavy atom. The third kappa shape index (κ3) is 4.79. The summed E-state index contributed by atoms with van der Waals surface area (Å²) in [4.78, 5) is 0. The van der Waals surface area contributed by atoms with Crippen LogP contribution >= 0.6 is 15.9 Å². The molecule has 1 saturated carbocycles. The van der Waals surface area contributed by atoms with E-state index in [-0.39, 0.29) is 6.10 Å². The molecule has 0 unspecified atom stereocenters. The van der Waals surface area contributed by atoms with Crippen molar-refractivity contribution in [2.24, 2.45) is 5.92 Å². The fourth-order valence-electron chi connectivity index (χ4n) is 1.76. The van der Waals surface area contributed by atoms with Gasteiger partial charge in [-0.25, -0.2) is 0 Å². The average Bonchev–Trinajstić information content (AvgIpc) is 2.08. The van der Waals surface area contributed by atoms with Gasteiger partial charge in [0.25, 0.3) is 0 Å². The van der Waals surface area contributed by atoms with Gasteiger partial charge in [-0.2, -0.15) is 0 Å². The fraction of sp³-hybridized carbons (Fsp3) is 0.800. The van der Waals surface area contributed by atoms with Crippen LogP contribution in [0.5, 0.6) is 0 Å². The van der Waals surface area contributed by atoms with Crippen LogP contribution in [0.1, 0.15) is 25.7 Å². The molecule has 0 aromatic carbocycles. The molecule has 0 bridgehead atoms. The minimum Gasteiger partial charge on any atom is -0.393 e. The molecule has 0 heterocycles. The molecular formula is C10H18BrNO. The Labute approximate surface area is 88.5 Å². The summed E-state index contributed by atoms with van der Waals surface area (Å²) in [6.07, 6.45) is 4.22. The first-order valence-corrected chi connectivity index (χ1v) is 5.70. The van der Waals surface area contributed by atoms with Gasteiger partial charge in [0.15, 0.2) is 0 Å². The molecule has 13 heavy (non-hydrogen) atoms. The van der Waals surface area contributed by atoms with Gasteiger partial charge in [-0.3, -0.25) is 0 Å². The van der Waals surface area contributed by atoms with Crippen LogP contribution in [0.4, 0.5) is 0 Å². The molecule has 76 valence electrons. The Morgan fingerprint density at radius 1 is 1.38 bits per heavy atom. The van der Waals surface area contributed by atoms with E-state index in [0.717, 1.165) is 49.2 Å². The second kappa shape index (κ2) is 5.78. The number of halogens is 1. The van der Waals surface area contributed by atoms with Crippen molar-refractivity contribution in [1.82, 2.24) is 5.32 Å². The predicted molar refractivity (Wildman–Crippen MR) is 58.9 cm³/mol. The minimum atomic E-state index is -0.0395. The highest BCUT2D eigenvalue weighted by atomic mass is 79.9. The lowest BCUT2D eigenvalue weighted by atomic mass is 9.87. The maximum absolute atomic E-state index is 9.30. The van der Waals surface area contributed by atoms with Crippen LogP contribution in [0.25, 0.3) is 0 Å². The number of nitrogens with one attached hydrogen (secondary N) is 1. The molecule has 0 aromatic heterocycles. The first-order chi connectivity index (χ1) is 6.18. The molecule has 0 atom stereocenters. The lowest BCUT2D eigenvalue weighted by Crippen LogP contribution is -2.28. The molecule has 0 aliphatic heterocycles. The summed E-state index contributed by atoms with van der Waals surface area (Å²) in [6, 6.07) is 0.